The SMILES string of the molecule is CC1CN2CCC1CCOC2=O. The molecule has 2 unspecified atom stereocenters. The number of nitrogens with zero attached hydrogens (tertiary/aromatic N) is 1. The summed E-state index contributed by atoms with van der Waals surface area (Å²) < 4.78 is 5.05. The molecular weight excluding hydrogens is 154 g/mol. The van der Waals surface area contributed by atoms with Crippen LogP contribution >= 0.6 is 0 Å². The summed E-state index contributed by atoms with van der Waals surface area (Å²) in [6.07, 6.45) is 2.11. The number of hydrogen-bond acceptors (Lipinski definition) is 2. The first-order chi connectivity index (χ1) is 5.77. The van der Waals surface area contributed by atoms with Crippen LogP contribution < -0.4 is 0 Å². The molecule has 0 N–H and O–H groups in total. The van der Waals surface area contributed by atoms with Crippen molar-refractivity contribution in [2.45, 2.75) is 19.8 Å². The average Bonchev–Trinajstić information content (AvgIpc) is 2.04. The van der Waals surface area contributed by atoms with Crippen LogP contribution in [0, 0.1) is 11.8 Å². The van der Waals surface area contributed by atoms with Crippen LogP contribution in [0.5, 0.6) is 0 Å². The fraction of sp³-hybridized carbons (Fsp3) is 0.889. The van der Waals surface area contributed by atoms with E-state index in [-0.39, 0.29) is 6.09 Å². The second-order valence-electron chi connectivity index (χ2n) is 3.88. The molecule has 0 aliphatic carbocycles. The molecule has 12 heavy (non-hydrogen) atoms. The van der Waals surface area contributed by atoms with E-state index in [0.29, 0.717) is 12.5 Å². The van der Waals surface area contributed by atoms with Crippen molar-refractivity contribution in [1.29, 1.82) is 0 Å². The Labute approximate surface area is 72.7 Å². The molecule has 3 saturated heterocycles. The van der Waals surface area contributed by atoms with Crippen LogP contribution in [-0.2, 0) is 4.74 Å². The van der Waals surface area contributed by atoms with Crippen molar-refractivity contribution in [1.82, 2.24) is 4.90 Å². The Bertz CT molecular complexity index is 191. The summed E-state index contributed by atoms with van der Waals surface area (Å²) >= 11 is 0. The maximum Gasteiger partial charge on any atom is 0.409 e. The second kappa shape index (κ2) is 2.96. The van der Waals surface area contributed by atoms with E-state index >= 15 is 0 Å². The van der Waals surface area contributed by atoms with Gasteiger partial charge < -0.3 is 9.64 Å². The van der Waals surface area contributed by atoms with Gasteiger partial charge in [-0.05, 0) is 24.7 Å². The monoisotopic (exact) mass is 169 g/mol. The number of amides is 1. The van der Waals surface area contributed by atoms with E-state index in [9.17, 15) is 4.79 Å². The van der Waals surface area contributed by atoms with Crippen molar-refractivity contribution in [2.75, 3.05) is 19.7 Å². The number of piperidine rings is 1. The maximum absolute atomic E-state index is 11.3. The lowest BCUT2D eigenvalue weighted by Crippen LogP contribution is -2.45. The molecule has 2 atom stereocenters. The van der Waals surface area contributed by atoms with E-state index in [0.717, 1.165) is 31.8 Å². The maximum atomic E-state index is 11.3. The number of rotatable bonds is 0. The summed E-state index contributed by atoms with van der Waals surface area (Å²) in [5.74, 6) is 1.43. The van der Waals surface area contributed by atoms with Gasteiger partial charge >= 0.3 is 6.09 Å². The van der Waals surface area contributed by atoms with Crippen molar-refractivity contribution in [3.63, 3.8) is 0 Å². The highest BCUT2D eigenvalue weighted by molar-refractivity contribution is 5.67. The normalized spacial score (nSPS) is 35.8. The second-order valence-corrected chi connectivity index (χ2v) is 3.88. The van der Waals surface area contributed by atoms with Crippen molar-refractivity contribution in [3.05, 3.63) is 0 Å². The van der Waals surface area contributed by atoms with Gasteiger partial charge in [0.05, 0.1) is 6.61 Å². The van der Waals surface area contributed by atoms with Gasteiger partial charge in [0.1, 0.15) is 0 Å². The molecule has 0 spiro atoms. The topological polar surface area (TPSA) is 29.5 Å². The molecule has 3 heterocycles. The van der Waals surface area contributed by atoms with Gasteiger partial charge in [-0.25, -0.2) is 4.79 Å². The molecule has 3 aliphatic rings. The first-order valence-electron chi connectivity index (χ1n) is 4.69. The fourth-order valence-electron chi connectivity index (χ4n) is 2.18. The van der Waals surface area contributed by atoms with Gasteiger partial charge in [0, 0.05) is 13.1 Å². The molecule has 3 heteroatoms. The quantitative estimate of drug-likeness (QED) is 0.549. The minimum absolute atomic E-state index is 0.111. The van der Waals surface area contributed by atoms with Crippen molar-refractivity contribution in [2.24, 2.45) is 11.8 Å². The number of ether oxygens (including phenoxy) is 1. The average molecular weight is 169 g/mol. The zero-order valence-corrected chi connectivity index (χ0v) is 7.45. The molecule has 0 radical (unpaired) electrons. The Morgan fingerprint density at radius 1 is 1.50 bits per heavy atom. The van der Waals surface area contributed by atoms with Gasteiger partial charge in [-0.3, -0.25) is 0 Å². The van der Waals surface area contributed by atoms with Crippen LogP contribution in [0.1, 0.15) is 19.8 Å². The highest BCUT2D eigenvalue weighted by Crippen LogP contribution is 2.28. The highest BCUT2D eigenvalue weighted by atomic mass is 16.6. The predicted octanol–water partition coefficient (Wildman–Crippen LogP) is 1.48. The van der Waals surface area contributed by atoms with Crippen LogP contribution in [0.25, 0.3) is 0 Å². The summed E-state index contributed by atoms with van der Waals surface area (Å²) in [4.78, 5) is 13.1. The van der Waals surface area contributed by atoms with Gasteiger partial charge in [-0.1, -0.05) is 6.92 Å². The van der Waals surface area contributed by atoms with E-state index in [1.807, 2.05) is 4.90 Å². The lowest BCUT2D eigenvalue weighted by atomic mass is 9.84. The molecule has 3 nitrogen and oxygen atoms in total. The van der Waals surface area contributed by atoms with Crippen LogP contribution in [0.3, 0.4) is 0 Å². The number of carbonyl (C=O) groups is 1. The van der Waals surface area contributed by atoms with E-state index in [4.69, 9.17) is 4.74 Å². The summed E-state index contributed by atoms with van der Waals surface area (Å²) in [7, 11) is 0. The van der Waals surface area contributed by atoms with E-state index in [1.165, 1.54) is 0 Å². The van der Waals surface area contributed by atoms with E-state index in [1.54, 1.807) is 0 Å². The molecule has 3 fully saturated rings. The summed E-state index contributed by atoms with van der Waals surface area (Å²) in [5.41, 5.74) is 0. The fourth-order valence-corrected chi connectivity index (χ4v) is 2.18. The number of hydrogen-bond donors (Lipinski definition) is 0. The summed E-state index contributed by atoms with van der Waals surface area (Å²) in [6, 6.07) is 0. The number of fused-ring (bicyclic) bond motifs is 5. The molecule has 3 rings (SSSR count). The molecule has 3 aliphatic heterocycles. The Kier molecular flexibility index (Phi) is 1.95. The largest absolute Gasteiger partial charge is 0.449 e. The van der Waals surface area contributed by atoms with Crippen molar-refractivity contribution in [3.8, 4) is 0 Å². The first-order valence-corrected chi connectivity index (χ1v) is 4.69. The van der Waals surface area contributed by atoms with Crippen molar-refractivity contribution >= 4 is 6.09 Å². The standard InChI is InChI=1S/C9H15NO2/c1-7-6-10-4-2-8(7)3-5-12-9(10)11/h7-8H,2-6H2,1H3. The van der Waals surface area contributed by atoms with Gasteiger partial charge in [-0.2, -0.15) is 0 Å². The molecule has 68 valence electrons. The molecule has 0 aromatic carbocycles. The van der Waals surface area contributed by atoms with Crippen LogP contribution in [0.2, 0.25) is 0 Å². The number of carbonyl (C=O) groups excluding carboxylic acids is 1. The minimum atomic E-state index is -0.111. The molecule has 0 aromatic heterocycles. The lowest BCUT2D eigenvalue weighted by molar-refractivity contribution is 0.0362. The Balaban J connectivity index is 2.11. The third kappa shape index (κ3) is 1.28. The lowest BCUT2D eigenvalue weighted by Gasteiger charge is -2.38. The van der Waals surface area contributed by atoms with Crippen LogP contribution in [-0.4, -0.2) is 30.7 Å². The summed E-state index contributed by atoms with van der Waals surface area (Å²) in [6.45, 7) is 4.64. The van der Waals surface area contributed by atoms with Gasteiger partial charge in [-0.15, -0.1) is 0 Å². The molecule has 1 amide bonds. The molecular formula is C9H15NO2. The summed E-state index contributed by atoms with van der Waals surface area (Å²) in [5, 5.41) is 0. The smallest absolute Gasteiger partial charge is 0.409 e. The van der Waals surface area contributed by atoms with Crippen LogP contribution in [0.4, 0.5) is 4.79 Å². The molecule has 2 bridgehead atoms. The predicted molar refractivity (Wildman–Crippen MR) is 44.8 cm³/mol. The van der Waals surface area contributed by atoms with Crippen molar-refractivity contribution < 1.29 is 9.53 Å². The molecule has 0 aromatic rings. The zero-order valence-electron chi connectivity index (χ0n) is 7.45. The molecule has 0 saturated carbocycles. The third-order valence-electron chi connectivity index (χ3n) is 3.06. The van der Waals surface area contributed by atoms with E-state index in [2.05, 4.69) is 6.92 Å². The third-order valence-corrected chi connectivity index (χ3v) is 3.06. The first kappa shape index (κ1) is 7.90. The zero-order chi connectivity index (χ0) is 8.55. The Hall–Kier alpha value is -0.730. The minimum Gasteiger partial charge on any atom is -0.449 e. The highest BCUT2D eigenvalue weighted by Gasteiger charge is 2.31. The Morgan fingerprint density at radius 3 is 3.08 bits per heavy atom. The Morgan fingerprint density at radius 2 is 2.33 bits per heavy atom. The van der Waals surface area contributed by atoms with E-state index < -0.39 is 0 Å². The van der Waals surface area contributed by atoms with Crippen LogP contribution in [0.15, 0.2) is 0 Å². The van der Waals surface area contributed by atoms with Gasteiger partial charge in [0.25, 0.3) is 0 Å². The van der Waals surface area contributed by atoms with Gasteiger partial charge in [0.2, 0.25) is 0 Å². The van der Waals surface area contributed by atoms with Gasteiger partial charge in [0.15, 0.2) is 0 Å².